The summed E-state index contributed by atoms with van der Waals surface area (Å²) in [5, 5.41) is 24.8. The Morgan fingerprint density at radius 1 is 1.23 bits per heavy atom. The number of benzene rings is 1. The van der Waals surface area contributed by atoms with Gasteiger partial charge in [-0.05, 0) is 51.8 Å². The van der Waals surface area contributed by atoms with E-state index in [4.69, 9.17) is 15.2 Å². The number of hydrogen-bond acceptors (Lipinski definition) is 10. The number of hydrogen-bond donors (Lipinski definition) is 3. The molecule has 6 atom stereocenters. The molecule has 3 aliphatic heterocycles. The molecule has 1 fully saturated rings. The lowest BCUT2D eigenvalue weighted by molar-refractivity contribution is -0.125. The van der Waals surface area contributed by atoms with Crippen LogP contribution < -0.4 is 15.8 Å². The van der Waals surface area contributed by atoms with Crippen molar-refractivity contribution < 1.29 is 29.0 Å². The van der Waals surface area contributed by atoms with Gasteiger partial charge in [-0.1, -0.05) is 6.07 Å². The number of fused-ring (bicyclic) bond motifs is 6. The molecule has 1 saturated heterocycles. The number of nitrogens with one attached hydrogen (secondary N) is 1. The van der Waals surface area contributed by atoms with Gasteiger partial charge in [-0.25, -0.2) is 0 Å². The van der Waals surface area contributed by atoms with E-state index in [9.17, 15) is 24.8 Å². The van der Waals surface area contributed by atoms with Crippen LogP contribution in [0.1, 0.15) is 43.0 Å². The van der Waals surface area contributed by atoms with Crippen molar-refractivity contribution in [2.75, 3.05) is 27.8 Å². The zero-order chi connectivity index (χ0) is 29.2. The lowest BCUT2D eigenvalue weighted by atomic mass is 9.69. The van der Waals surface area contributed by atoms with Gasteiger partial charge in [0, 0.05) is 40.9 Å². The number of nitrogens with zero attached hydrogens (tertiary/aromatic N) is 3. The monoisotopic (exact) mass is 549 g/mol. The molecule has 4 aliphatic rings. The normalized spacial score (nSPS) is 28.8. The molecule has 0 radical (unpaired) electrons. The van der Waals surface area contributed by atoms with E-state index in [2.05, 4.69) is 16.3 Å². The van der Waals surface area contributed by atoms with Crippen LogP contribution in [0.3, 0.4) is 0 Å². The first-order chi connectivity index (χ1) is 19.0. The second-order valence-corrected chi connectivity index (χ2v) is 11.1. The van der Waals surface area contributed by atoms with E-state index >= 15 is 0 Å². The van der Waals surface area contributed by atoms with Crippen LogP contribution >= 0.6 is 0 Å². The summed E-state index contributed by atoms with van der Waals surface area (Å²) in [6.07, 6.45) is 0.670. The summed E-state index contributed by atoms with van der Waals surface area (Å²) >= 11 is 0. The third-order valence-electron chi connectivity index (χ3n) is 8.95. The zero-order valence-corrected chi connectivity index (χ0v) is 23.6. The number of ketones is 2. The molecule has 0 unspecified atom stereocenters. The highest BCUT2D eigenvalue weighted by Crippen LogP contribution is 2.53. The Kier molecular flexibility index (Phi) is 6.98. The van der Waals surface area contributed by atoms with Crippen LogP contribution in [0.15, 0.2) is 28.5 Å². The molecule has 4 N–H and O–H groups in total. The maximum Gasteiger partial charge on any atom is 0.236 e. The van der Waals surface area contributed by atoms with Gasteiger partial charge in [0.2, 0.25) is 11.7 Å². The third kappa shape index (κ3) is 3.85. The Bertz CT molecular complexity index is 1420. The number of methoxy groups -OCH3 is 2. The Labute approximate surface area is 233 Å². The van der Waals surface area contributed by atoms with E-state index in [1.165, 1.54) is 14.2 Å². The number of phenols is 1. The maximum atomic E-state index is 13.8. The van der Waals surface area contributed by atoms with E-state index in [1.54, 1.807) is 13.8 Å². The highest BCUT2D eigenvalue weighted by Gasteiger charge is 2.57. The van der Waals surface area contributed by atoms with Crippen molar-refractivity contribution in [3.63, 3.8) is 0 Å². The molecule has 1 aliphatic carbocycles. The molecule has 11 nitrogen and oxygen atoms in total. The molecule has 1 aromatic rings. The van der Waals surface area contributed by atoms with Crippen molar-refractivity contribution in [3.05, 3.63) is 45.2 Å². The highest BCUT2D eigenvalue weighted by atomic mass is 16.5. The number of phenolic OH excluding ortho intramolecular Hbond substituents is 1. The average Bonchev–Trinajstić information content (AvgIpc) is 2.91. The number of aryl methyl sites for hydroxylation is 1. The van der Waals surface area contributed by atoms with Gasteiger partial charge in [0.25, 0.3) is 0 Å². The second kappa shape index (κ2) is 10.0. The number of carbonyl (C=O) groups excluding carboxylic acids is 3. The molecule has 0 saturated carbocycles. The van der Waals surface area contributed by atoms with E-state index in [0.29, 0.717) is 23.3 Å². The van der Waals surface area contributed by atoms with Crippen LogP contribution in [0.4, 0.5) is 0 Å². The number of piperazine rings is 1. The van der Waals surface area contributed by atoms with Gasteiger partial charge < -0.3 is 25.6 Å². The van der Waals surface area contributed by atoms with E-state index in [1.807, 2.05) is 24.9 Å². The first-order valence-corrected chi connectivity index (χ1v) is 13.4. The number of rotatable bonds is 5. The fourth-order valence-electron chi connectivity index (χ4n) is 7.17. The van der Waals surface area contributed by atoms with Gasteiger partial charge in [0.15, 0.2) is 23.0 Å². The van der Waals surface area contributed by atoms with Crippen LogP contribution in [-0.2, 0) is 25.5 Å². The number of likely N-dealkylation sites (N-methyl/N-ethyl adjacent to an activating group) is 1. The van der Waals surface area contributed by atoms with Crippen LogP contribution in [0, 0.1) is 18.3 Å². The van der Waals surface area contributed by atoms with E-state index in [0.717, 1.165) is 11.1 Å². The molecule has 5 rings (SSSR count). The maximum absolute atomic E-state index is 13.8. The number of amides is 1. The summed E-state index contributed by atoms with van der Waals surface area (Å²) in [6, 6.07) is 1.07. The smallest absolute Gasteiger partial charge is 0.236 e. The van der Waals surface area contributed by atoms with Gasteiger partial charge in [-0.3, -0.25) is 24.2 Å². The third-order valence-corrected chi connectivity index (χ3v) is 8.95. The minimum absolute atomic E-state index is 0.0256. The topological polar surface area (TPSA) is 158 Å². The number of Topliss-reactive ketones (excluding diaryl/α,β-unsaturated/α-hetero) is 2. The van der Waals surface area contributed by atoms with Crippen molar-refractivity contribution in [1.82, 2.24) is 15.1 Å². The highest BCUT2D eigenvalue weighted by molar-refractivity contribution is 6.25. The van der Waals surface area contributed by atoms with Gasteiger partial charge in [-0.2, -0.15) is 5.26 Å². The van der Waals surface area contributed by atoms with Gasteiger partial charge >= 0.3 is 0 Å². The Morgan fingerprint density at radius 3 is 2.52 bits per heavy atom. The molecule has 3 heterocycles. The Hall–Kier alpha value is -3.72. The Morgan fingerprint density at radius 2 is 1.93 bits per heavy atom. The van der Waals surface area contributed by atoms with Crippen molar-refractivity contribution in [1.29, 1.82) is 5.26 Å². The van der Waals surface area contributed by atoms with Crippen LogP contribution in [0.5, 0.6) is 11.5 Å². The number of nitrogens with two attached hydrogens (primary N) is 1. The summed E-state index contributed by atoms with van der Waals surface area (Å²) in [4.78, 5) is 44.1. The molecule has 0 aromatic heterocycles. The fourth-order valence-corrected chi connectivity index (χ4v) is 7.17. The number of ether oxygens (including phenoxy) is 2. The van der Waals surface area contributed by atoms with Crippen LogP contribution in [0.2, 0.25) is 0 Å². The van der Waals surface area contributed by atoms with Crippen LogP contribution in [0.25, 0.3) is 0 Å². The minimum atomic E-state index is -0.787. The molecule has 40 heavy (non-hydrogen) atoms. The van der Waals surface area contributed by atoms with Crippen molar-refractivity contribution in [2.45, 2.75) is 69.9 Å². The molecule has 2 bridgehead atoms. The molecule has 1 amide bonds. The van der Waals surface area contributed by atoms with Crippen molar-refractivity contribution >= 4 is 17.5 Å². The number of carbonyl (C=O) groups is 3. The first-order valence-electron chi connectivity index (χ1n) is 13.4. The average molecular weight is 550 g/mol. The van der Waals surface area contributed by atoms with Crippen LogP contribution in [-0.4, -0.2) is 90.4 Å². The molecule has 0 spiro atoms. The predicted molar refractivity (Wildman–Crippen MR) is 144 cm³/mol. The number of allylic oxidation sites excluding steroid dienone is 2. The van der Waals surface area contributed by atoms with Crippen molar-refractivity contribution in [3.8, 4) is 17.6 Å². The molecular formula is C29H35N5O6. The Balaban J connectivity index is 1.72. The summed E-state index contributed by atoms with van der Waals surface area (Å²) < 4.78 is 10.9. The van der Waals surface area contributed by atoms with Gasteiger partial charge in [-0.15, -0.1) is 0 Å². The summed E-state index contributed by atoms with van der Waals surface area (Å²) in [5.41, 5.74) is 9.01. The number of nitriles is 1. The van der Waals surface area contributed by atoms with E-state index < -0.39 is 41.9 Å². The minimum Gasteiger partial charge on any atom is -0.504 e. The van der Waals surface area contributed by atoms with Crippen molar-refractivity contribution in [2.24, 2.45) is 5.73 Å². The zero-order valence-electron chi connectivity index (χ0n) is 23.6. The van der Waals surface area contributed by atoms with Gasteiger partial charge in [0.1, 0.15) is 6.04 Å². The van der Waals surface area contributed by atoms with E-state index in [-0.39, 0.29) is 47.4 Å². The quantitative estimate of drug-likeness (QED) is 0.448. The molecule has 212 valence electrons. The predicted octanol–water partition coefficient (Wildman–Crippen LogP) is 0.788. The lowest BCUT2D eigenvalue weighted by Crippen LogP contribution is -2.71. The summed E-state index contributed by atoms with van der Waals surface area (Å²) in [6.45, 7) is 4.97. The van der Waals surface area contributed by atoms with Gasteiger partial charge in [0.05, 0.1) is 38.4 Å². The summed E-state index contributed by atoms with van der Waals surface area (Å²) in [7, 11) is 4.78. The fraction of sp³-hybridized carbons (Fsp3) is 0.517. The standard InChI is InChI=1S/C29H35N5O6/c1-12-7-15-8-17-19(10-30)34-18(23(33(17)4)21(15)25(36)27(12)39-5)9-16-22(20(34)11-32-29(38)14(3)31)26(37)28(40-6)13(2)24(16)35/h7,14,17-20,23,36H,8-9,11,31H2,1-6H3,(H,32,38)/t14-,17-,18-,19-,20-,23+/m0/s1. The summed E-state index contributed by atoms with van der Waals surface area (Å²) in [5.74, 6) is -0.749. The SMILES string of the molecule is COC1=C(C)C(=O)C2=C(C1=O)[C@H](CNC(=O)[C@H](C)N)N1[C@@H](C#N)[C@@H]3Cc4cc(C)c(OC)c(O)c4[C@@H]([C@@H]1C2)N3C. The second-order valence-electron chi connectivity index (χ2n) is 11.1. The molecular weight excluding hydrogens is 514 g/mol. The number of aromatic hydroxyl groups is 1. The molecule has 1 aromatic carbocycles. The largest absolute Gasteiger partial charge is 0.504 e. The molecule has 11 heteroatoms. The lowest BCUT2D eigenvalue weighted by Gasteiger charge is -2.60. The first kappa shape index (κ1) is 27.8.